The Morgan fingerprint density at radius 1 is 1.10 bits per heavy atom. The molecule has 2 amide bonds. The number of hydrogen-bond acceptors (Lipinski definition) is 4. The topological polar surface area (TPSA) is 67.9 Å². The van der Waals surface area contributed by atoms with Gasteiger partial charge in [0.25, 0.3) is 0 Å². The average molecular weight is 406 g/mol. The van der Waals surface area contributed by atoms with Gasteiger partial charge in [-0.15, -0.1) is 0 Å². The summed E-state index contributed by atoms with van der Waals surface area (Å²) in [5.74, 6) is 0.140. The summed E-state index contributed by atoms with van der Waals surface area (Å²) in [5.41, 5.74) is 0.317. The summed E-state index contributed by atoms with van der Waals surface area (Å²) in [6, 6.07) is 9.60. The lowest BCUT2D eigenvalue weighted by Crippen LogP contribution is -2.28. The first kappa shape index (κ1) is 19.1. The summed E-state index contributed by atoms with van der Waals surface area (Å²) in [6.07, 6.45) is -4.38. The predicted octanol–water partition coefficient (Wildman–Crippen LogP) is 3.42. The van der Waals surface area contributed by atoms with Gasteiger partial charge in [0.2, 0.25) is 18.6 Å². The quantitative estimate of drug-likeness (QED) is 0.845. The van der Waals surface area contributed by atoms with Crippen LogP contribution in [0.25, 0.3) is 0 Å². The number of benzene rings is 2. The highest BCUT2D eigenvalue weighted by Gasteiger charge is 2.35. The monoisotopic (exact) mass is 406 g/mol. The Bertz CT molecular complexity index is 944. The van der Waals surface area contributed by atoms with Crippen molar-refractivity contribution in [3.05, 3.63) is 53.6 Å². The third kappa shape index (κ3) is 4.13. The highest BCUT2D eigenvalue weighted by atomic mass is 19.4. The molecular weight excluding hydrogens is 389 g/mol. The van der Waals surface area contributed by atoms with Gasteiger partial charge in [-0.2, -0.15) is 13.2 Å². The molecule has 1 atom stereocenters. The lowest BCUT2D eigenvalue weighted by atomic mass is 10.1. The average Bonchev–Trinajstić information content (AvgIpc) is 3.28. The standard InChI is InChI=1S/C20H17F3N2O4/c21-20(22,23)14-2-4-15(5-3-14)24-19(27)13-8-18(26)25(10-13)9-12-1-6-16-17(7-12)29-11-28-16/h1-7,13H,8-11H2,(H,24,27). The Kier molecular flexibility index (Phi) is 4.81. The number of hydrogen-bond donors (Lipinski definition) is 1. The van der Waals surface area contributed by atoms with E-state index < -0.39 is 23.6 Å². The van der Waals surface area contributed by atoms with Gasteiger partial charge in [0, 0.05) is 25.2 Å². The molecule has 4 rings (SSSR count). The van der Waals surface area contributed by atoms with E-state index in [1.165, 1.54) is 12.1 Å². The lowest BCUT2D eigenvalue weighted by Gasteiger charge is -2.17. The van der Waals surface area contributed by atoms with Crippen molar-refractivity contribution in [1.82, 2.24) is 4.90 Å². The van der Waals surface area contributed by atoms with Crippen LogP contribution >= 0.6 is 0 Å². The van der Waals surface area contributed by atoms with Crippen LogP contribution in [0.5, 0.6) is 11.5 Å². The van der Waals surface area contributed by atoms with Crippen molar-refractivity contribution in [2.24, 2.45) is 5.92 Å². The molecule has 2 aliphatic rings. The number of ether oxygens (including phenoxy) is 2. The minimum absolute atomic E-state index is 0.0526. The van der Waals surface area contributed by atoms with E-state index in [4.69, 9.17) is 9.47 Å². The third-order valence-electron chi connectivity index (χ3n) is 4.88. The summed E-state index contributed by atoms with van der Waals surface area (Å²) < 4.78 is 48.4. The third-order valence-corrected chi connectivity index (χ3v) is 4.88. The molecule has 0 spiro atoms. The van der Waals surface area contributed by atoms with Crippen LogP contribution in [0.1, 0.15) is 17.5 Å². The largest absolute Gasteiger partial charge is 0.454 e. The van der Waals surface area contributed by atoms with Crippen LogP contribution in [0, 0.1) is 5.92 Å². The van der Waals surface area contributed by atoms with Gasteiger partial charge in [-0.05, 0) is 42.0 Å². The normalized spacial score (nSPS) is 18.2. The molecule has 0 saturated carbocycles. The Morgan fingerprint density at radius 3 is 2.55 bits per heavy atom. The first-order valence-electron chi connectivity index (χ1n) is 8.94. The van der Waals surface area contributed by atoms with Crippen molar-refractivity contribution in [3.63, 3.8) is 0 Å². The fourth-order valence-electron chi connectivity index (χ4n) is 3.35. The van der Waals surface area contributed by atoms with E-state index in [1.54, 1.807) is 17.0 Å². The molecule has 0 aromatic heterocycles. The van der Waals surface area contributed by atoms with Gasteiger partial charge in [0.1, 0.15) is 0 Å². The van der Waals surface area contributed by atoms with Gasteiger partial charge in [0.05, 0.1) is 11.5 Å². The number of fused-ring (bicyclic) bond motifs is 1. The fourth-order valence-corrected chi connectivity index (χ4v) is 3.35. The van der Waals surface area contributed by atoms with Crippen LogP contribution in [-0.4, -0.2) is 30.1 Å². The second kappa shape index (κ2) is 7.31. The van der Waals surface area contributed by atoms with Crippen LogP contribution in [-0.2, 0) is 22.3 Å². The zero-order valence-corrected chi connectivity index (χ0v) is 15.2. The SMILES string of the molecule is O=C(Nc1ccc(C(F)(F)F)cc1)C1CC(=O)N(Cc2ccc3c(c2)OCO3)C1. The van der Waals surface area contributed by atoms with Crippen molar-refractivity contribution in [3.8, 4) is 11.5 Å². The first-order chi connectivity index (χ1) is 13.8. The number of alkyl halides is 3. The van der Waals surface area contributed by atoms with E-state index in [2.05, 4.69) is 5.32 Å². The molecule has 1 unspecified atom stereocenters. The number of likely N-dealkylation sites (tertiary alicyclic amines) is 1. The van der Waals surface area contributed by atoms with Gasteiger partial charge in [-0.1, -0.05) is 6.07 Å². The number of carbonyl (C=O) groups excluding carboxylic acids is 2. The Morgan fingerprint density at radius 2 is 1.83 bits per heavy atom. The van der Waals surface area contributed by atoms with Gasteiger partial charge in [0.15, 0.2) is 11.5 Å². The van der Waals surface area contributed by atoms with E-state index >= 15 is 0 Å². The molecule has 152 valence electrons. The number of halogens is 3. The van der Waals surface area contributed by atoms with Crippen molar-refractivity contribution in [2.45, 2.75) is 19.1 Å². The molecule has 0 bridgehead atoms. The summed E-state index contributed by atoms with van der Waals surface area (Å²) in [7, 11) is 0. The van der Waals surface area contributed by atoms with Crippen LogP contribution in [0.15, 0.2) is 42.5 Å². The van der Waals surface area contributed by atoms with E-state index in [-0.39, 0.29) is 31.4 Å². The summed E-state index contributed by atoms with van der Waals surface area (Å²) >= 11 is 0. The molecule has 29 heavy (non-hydrogen) atoms. The van der Waals surface area contributed by atoms with Crippen molar-refractivity contribution in [2.75, 3.05) is 18.7 Å². The minimum atomic E-state index is -4.43. The van der Waals surface area contributed by atoms with E-state index in [9.17, 15) is 22.8 Å². The number of nitrogens with one attached hydrogen (secondary N) is 1. The molecule has 1 N–H and O–H groups in total. The van der Waals surface area contributed by atoms with E-state index in [0.29, 0.717) is 18.0 Å². The highest BCUT2D eigenvalue weighted by Crippen LogP contribution is 2.33. The molecule has 2 heterocycles. The molecule has 6 nitrogen and oxygen atoms in total. The summed E-state index contributed by atoms with van der Waals surface area (Å²) in [6.45, 7) is 0.729. The number of anilines is 1. The second-order valence-corrected chi connectivity index (χ2v) is 6.93. The Balaban J connectivity index is 1.36. The molecule has 0 aliphatic carbocycles. The van der Waals surface area contributed by atoms with Crippen LogP contribution < -0.4 is 14.8 Å². The maximum Gasteiger partial charge on any atom is 0.416 e. The molecular formula is C20H17F3N2O4. The van der Waals surface area contributed by atoms with Crippen molar-refractivity contribution < 1.29 is 32.2 Å². The van der Waals surface area contributed by atoms with Crippen LogP contribution in [0.4, 0.5) is 18.9 Å². The number of amides is 2. The fraction of sp³-hybridized carbons (Fsp3) is 0.300. The van der Waals surface area contributed by atoms with Gasteiger partial charge >= 0.3 is 6.18 Å². The molecule has 2 aliphatic heterocycles. The zero-order chi connectivity index (χ0) is 20.6. The van der Waals surface area contributed by atoms with Gasteiger partial charge in [-0.25, -0.2) is 0 Å². The van der Waals surface area contributed by atoms with Gasteiger partial charge in [-0.3, -0.25) is 9.59 Å². The Hall–Kier alpha value is -3.23. The first-order valence-corrected chi connectivity index (χ1v) is 8.94. The van der Waals surface area contributed by atoms with Gasteiger partial charge < -0.3 is 19.7 Å². The predicted molar refractivity (Wildman–Crippen MR) is 96.2 cm³/mol. The van der Waals surface area contributed by atoms with Crippen molar-refractivity contribution >= 4 is 17.5 Å². The minimum Gasteiger partial charge on any atom is -0.454 e. The highest BCUT2D eigenvalue weighted by molar-refractivity contribution is 5.97. The summed E-state index contributed by atoms with van der Waals surface area (Å²) in [4.78, 5) is 26.3. The molecule has 9 heteroatoms. The summed E-state index contributed by atoms with van der Waals surface area (Å²) in [5, 5.41) is 2.58. The maximum atomic E-state index is 12.6. The van der Waals surface area contributed by atoms with Crippen molar-refractivity contribution in [1.29, 1.82) is 0 Å². The maximum absolute atomic E-state index is 12.6. The smallest absolute Gasteiger partial charge is 0.416 e. The van der Waals surface area contributed by atoms with E-state index in [0.717, 1.165) is 17.7 Å². The van der Waals surface area contributed by atoms with Crippen LogP contribution in [0.3, 0.4) is 0 Å². The Labute approximate surface area is 164 Å². The zero-order valence-electron chi connectivity index (χ0n) is 15.2. The second-order valence-electron chi connectivity index (χ2n) is 6.93. The van der Waals surface area contributed by atoms with E-state index in [1.807, 2.05) is 6.07 Å². The molecule has 0 radical (unpaired) electrons. The molecule has 2 aromatic rings. The molecule has 1 saturated heterocycles. The van der Waals surface area contributed by atoms with Crippen LogP contribution in [0.2, 0.25) is 0 Å². The molecule has 1 fully saturated rings. The lowest BCUT2D eigenvalue weighted by molar-refractivity contribution is -0.137. The molecule has 2 aromatic carbocycles. The number of carbonyl (C=O) groups is 2. The number of nitrogens with zero attached hydrogens (tertiary/aromatic N) is 1. The number of rotatable bonds is 4.